The maximum atomic E-state index is 8.87. The molecule has 0 bridgehead atoms. The number of nitrogens with two attached hydrogens (primary N) is 1. The molecule has 4 heteroatoms. The normalized spacial score (nSPS) is 12.9. The summed E-state index contributed by atoms with van der Waals surface area (Å²) in [7, 11) is 0. The van der Waals surface area contributed by atoms with Gasteiger partial charge in [-0.1, -0.05) is 26.7 Å². The number of hydrogen-bond acceptors (Lipinski definition) is 3. The molecule has 0 amide bonds. The number of nitrogen functional groups attached to an aromatic ring is 1. The van der Waals surface area contributed by atoms with Crippen LogP contribution in [0.1, 0.15) is 51.1 Å². The van der Waals surface area contributed by atoms with Crippen LogP contribution >= 0.6 is 0 Å². The predicted molar refractivity (Wildman–Crippen MR) is 66.3 cm³/mol. The zero-order valence-corrected chi connectivity index (χ0v) is 10.3. The van der Waals surface area contributed by atoms with Gasteiger partial charge in [-0.25, -0.2) is 4.68 Å². The minimum absolute atomic E-state index is 0.0804. The topological polar surface area (TPSA) is 64.1 Å². The third kappa shape index (κ3) is 3.23. The zero-order valence-electron chi connectivity index (χ0n) is 10.3. The fourth-order valence-electron chi connectivity index (χ4n) is 1.94. The van der Waals surface area contributed by atoms with E-state index in [9.17, 15) is 0 Å². The van der Waals surface area contributed by atoms with Gasteiger partial charge in [0.1, 0.15) is 5.82 Å². The standard InChI is InChI=1S/C12H23N3O/c1-3-5-6-10(4-2)11-9-12(13)15(14-11)7-8-16/h9-10,16H,3-8,13H2,1-2H3. The summed E-state index contributed by atoms with van der Waals surface area (Å²) in [5.41, 5.74) is 6.91. The van der Waals surface area contributed by atoms with Gasteiger partial charge in [0.2, 0.25) is 0 Å². The van der Waals surface area contributed by atoms with E-state index in [4.69, 9.17) is 10.8 Å². The maximum absolute atomic E-state index is 8.87. The van der Waals surface area contributed by atoms with Crippen LogP contribution in [0.5, 0.6) is 0 Å². The molecule has 0 aromatic carbocycles. The quantitative estimate of drug-likeness (QED) is 0.747. The van der Waals surface area contributed by atoms with Crippen LogP contribution in [0.3, 0.4) is 0 Å². The first-order valence-electron chi connectivity index (χ1n) is 6.17. The molecule has 1 rings (SSSR count). The SMILES string of the molecule is CCCCC(CC)c1cc(N)n(CCO)n1. The van der Waals surface area contributed by atoms with Gasteiger partial charge in [0, 0.05) is 12.0 Å². The van der Waals surface area contributed by atoms with Crippen molar-refractivity contribution < 1.29 is 5.11 Å². The summed E-state index contributed by atoms with van der Waals surface area (Å²) in [4.78, 5) is 0. The molecule has 0 saturated heterocycles. The van der Waals surface area contributed by atoms with Crippen LogP contribution in [-0.2, 0) is 6.54 Å². The number of anilines is 1. The van der Waals surface area contributed by atoms with Gasteiger partial charge in [-0.2, -0.15) is 5.10 Å². The molecule has 4 nitrogen and oxygen atoms in total. The molecule has 0 saturated carbocycles. The molecule has 1 unspecified atom stereocenters. The first kappa shape index (κ1) is 13.0. The first-order chi connectivity index (χ1) is 7.72. The molecule has 0 spiro atoms. The summed E-state index contributed by atoms with van der Waals surface area (Å²) in [5.74, 6) is 1.15. The molecule has 0 aliphatic carbocycles. The Labute approximate surface area is 97.5 Å². The highest BCUT2D eigenvalue weighted by molar-refractivity contribution is 5.32. The molecule has 1 aromatic heterocycles. The largest absolute Gasteiger partial charge is 0.394 e. The van der Waals surface area contributed by atoms with E-state index in [2.05, 4.69) is 18.9 Å². The zero-order chi connectivity index (χ0) is 12.0. The van der Waals surface area contributed by atoms with Gasteiger partial charge >= 0.3 is 0 Å². The number of aromatic nitrogens is 2. The Balaban J connectivity index is 2.72. The number of rotatable bonds is 7. The van der Waals surface area contributed by atoms with E-state index in [-0.39, 0.29) is 6.61 Å². The van der Waals surface area contributed by atoms with Crippen molar-refractivity contribution in [3.8, 4) is 0 Å². The van der Waals surface area contributed by atoms with Gasteiger partial charge in [0.05, 0.1) is 18.8 Å². The van der Waals surface area contributed by atoms with E-state index in [1.807, 2.05) is 6.07 Å². The van der Waals surface area contributed by atoms with Gasteiger partial charge < -0.3 is 10.8 Å². The lowest BCUT2D eigenvalue weighted by atomic mass is 9.96. The van der Waals surface area contributed by atoms with E-state index in [1.54, 1.807) is 4.68 Å². The third-order valence-electron chi connectivity index (χ3n) is 2.96. The van der Waals surface area contributed by atoms with E-state index in [0.717, 1.165) is 12.1 Å². The highest BCUT2D eigenvalue weighted by atomic mass is 16.3. The summed E-state index contributed by atoms with van der Waals surface area (Å²) in [6, 6.07) is 1.94. The van der Waals surface area contributed by atoms with Crippen molar-refractivity contribution in [1.82, 2.24) is 9.78 Å². The molecule has 1 aromatic rings. The second-order valence-electron chi connectivity index (χ2n) is 4.19. The Kier molecular flexibility index (Phi) is 5.32. The van der Waals surface area contributed by atoms with Crippen molar-refractivity contribution in [3.05, 3.63) is 11.8 Å². The number of hydrogen-bond donors (Lipinski definition) is 2. The van der Waals surface area contributed by atoms with Crippen molar-refractivity contribution >= 4 is 5.82 Å². The summed E-state index contributed by atoms with van der Waals surface area (Å²) in [6.07, 6.45) is 4.70. The Morgan fingerprint density at radius 1 is 1.50 bits per heavy atom. The van der Waals surface area contributed by atoms with Crippen molar-refractivity contribution in [2.75, 3.05) is 12.3 Å². The molecule has 1 atom stereocenters. The molecule has 0 radical (unpaired) electrons. The summed E-state index contributed by atoms with van der Waals surface area (Å²) in [5, 5.41) is 13.3. The first-order valence-corrected chi connectivity index (χ1v) is 6.17. The lowest BCUT2D eigenvalue weighted by molar-refractivity contribution is 0.270. The lowest BCUT2D eigenvalue weighted by Gasteiger charge is -2.10. The van der Waals surface area contributed by atoms with Crippen molar-refractivity contribution in [2.45, 2.75) is 52.0 Å². The average molecular weight is 225 g/mol. The van der Waals surface area contributed by atoms with Gasteiger partial charge in [0.15, 0.2) is 0 Å². The summed E-state index contributed by atoms with van der Waals surface area (Å²) < 4.78 is 1.68. The minimum Gasteiger partial charge on any atom is -0.394 e. The minimum atomic E-state index is 0.0804. The van der Waals surface area contributed by atoms with Crippen LogP contribution < -0.4 is 5.73 Å². The molecular formula is C12H23N3O. The van der Waals surface area contributed by atoms with E-state index in [1.165, 1.54) is 19.3 Å². The van der Waals surface area contributed by atoms with E-state index >= 15 is 0 Å². The number of aliphatic hydroxyl groups excluding tert-OH is 1. The van der Waals surface area contributed by atoms with Gasteiger partial charge in [-0.05, 0) is 12.8 Å². The summed E-state index contributed by atoms with van der Waals surface area (Å²) in [6.45, 7) is 4.94. The van der Waals surface area contributed by atoms with Crippen LogP contribution in [0.15, 0.2) is 6.07 Å². The lowest BCUT2D eigenvalue weighted by Crippen LogP contribution is -2.08. The predicted octanol–water partition coefficient (Wildman–Crippen LogP) is 2.14. The van der Waals surface area contributed by atoms with Gasteiger partial charge in [-0.15, -0.1) is 0 Å². The fraction of sp³-hybridized carbons (Fsp3) is 0.750. The molecule has 0 aliphatic rings. The molecule has 1 heterocycles. The van der Waals surface area contributed by atoms with Crippen molar-refractivity contribution in [3.63, 3.8) is 0 Å². The Hall–Kier alpha value is -1.03. The highest BCUT2D eigenvalue weighted by Crippen LogP contribution is 2.25. The van der Waals surface area contributed by atoms with E-state index < -0.39 is 0 Å². The van der Waals surface area contributed by atoms with Crippen LogP contribution in [-0.4, -0.2) is 21.5 Å². The van der Waals surface area contributed by atoms with E-state index in [0.29, 0.717) is 18.3 Å². The number of aliphatic hydroxyl groups is 1. The number of nitrogens with zero attached hydrogens (tertiary/aromatic N) is 2. The Morgan fingerprint density at radius 3 is 2.81 bits per heavy atom. The van der Waals surface area contributed by atoms with Crippen LogP contribution in [0.4, 0.5) is 5.82 Å². The second kappa shape index (κ2) is 6.53. The average Bonchev–Trinajstić information content (AvgIpc) is 2.62. The summed E-state index contributed by atoms with van der Waals surface area (Å²) >= 11 is 0. The molecule has 0 aliphatic heterocycles. The smallest absolute Gasteiger partial charge is 0.122 e. The molecular weight excluding hydrogens is 202 g/mol. The van der Waals surface area contributed by atoms with Crippen LogP contribution in [0, 0.1) is 0 Å². The molecule has 92 valence electrons. The van der Waals surface area contributed by atoms with Crippen molar-refractivity contribution in [2.24, 2.45) is 0 Å². The Morgan fingerprint density at radius 2 is 2.25 bits per heavy atom. The number of unbranched alkanes of at least 4 members (excludes halogenated alkanes) is 1. The van der Waals surface area contributed by atoms with Gasteiger partial charge in [-0.3, -0.25) is 0 Å². The van der Waals surface area contributed by atoms with Crippen LogP contribution in [0.25, 0.3) is 0 Å². The Bertz CT molecular complexity index is 309. The molecule has 16 heavy (non-hydrogen) atoms. The fourth-order valence-corrected chi connectivity index (χ4v) is 1.94. The van der Waals surface area contributed by atoms with Crippen molar-refractivity contribution in [1.29, 1.82) is 0 Å². The third-order valence-corrected chi connectivity index (χ3v) is 2.96. The van der Waals surface area contributed by atoms with Crippen LogP contribution in [0.2, 0.25) is 0 Å². The van der Waals surface area contributed by atoms with Gasteiger partial charge in [0.25, 0.3) is 0 Å². The molecule has 0 fully saturated rings. The second-order valence-corrected chi connectivity index (χ2v) is 4.19. The molecule has 3 N–H and O–H groups in total. The highest BCUT2D eigenvalue weighted by Gasteiger charge is 2.14. The monoisotopic (exact) mass is 225 g/mol. The maximum Gasteiger partial charge on any atom is 0.122 e.